The second kappa shape index (κ2) is 15.5. The molecule has 0 spiro atoms. The smallest absolute Gasteiger partial charge is 0.305 e. The Labute approximate surface area is 190 Å². The van der Waals surface area contributed by atoms with Gasteiger partial charge in [-0.2, -0.15) is 0 Å². The molecule has 3 rings (SSSR count). The molecule has 0 saturated carbocycles. The molecule has 2 atom stereocenters. The average Bonchev–Trinajstić information content (AvgIpc) is 2.77. The number of aliphatic hydroxyl groups excluding tert-OH is 1. The van der Waals surface area contributed by atoms with Gasteiger partial charge in [-0.05, 0) is 19.8 Å². The van der Waals surface area contributed by atoms with Crippen molar-refractivity contribution in [2.75, 3.05) is 46.2 Å². The monoisotopic (exact) mass is 463 g/mol. The van der Waals surface area contributed by atoms with Gasteiger partial charge in [-0.15, -0.1) is 0 Å². The van der Waals surface area contributed by atoms with Gasteiger partial charge in [0.1, 0.15) is 0 Å². The SMILES string of the molecule is CC1COC(C2CCC(=O)OC2)OC1.CCOC(=O)CCC(CO)C1OCC(C)CO1.N. The van der Waals surface area contributed by atoms with Gasteiger partial charge >= 0.3 is 11.9 Å². The number of carbonyl (C=O) groups excluding carboxylic acids is 2. The van der Waals surface area contributed by atoms with E-state index in [4.69, 9.17) is 28.4 Å². The quantitative estimate of drug-likeness (QED) is 0.538. The largest absolute Gasteiger partial charge is 0.466 e. The predicted octanol–water partition coefficient (Wildman–Crippen LogP) is 2.06. The van der Waals surface area contributed by atoms with Crippen LogP contribution in [-0.4, -0.2) is 75.9 Å². The molecule has 3 aliphatic heterocycles. The van der Waals surface area contributed by atoms with Crippen molar-refractivity contribution in [2.45, 2.75) is 59.0 Å². The molecule has 3 saturated heterocycles. The van der Waals surface area contributed by atoms with Crippen LogP contribution in [-0.2, 0) is 38.0 Å². The van der Waals surface area contributed by atoms with Gasteiger partial charge in [0.05, 0.1) is 46.2 Å². The van der Waals surface area contributed by atoms with Crippen LogP contribution >= 0.6 is 0 Å². The van der Waals surface area contributed by atoms with Crippen molar-refractivity contribution in [1.29, 1.82) is 0 Å². The molecule has 3 heterocycles. The zero-order valence-electron chi connectivity index (χ0n) is 19.7. The number of cyclic esters (lactones) is 1. The van der Waals surface area contributed by atoms with E-state index in [9.17, 15) is 14.7 Å². The lowest BCUT2D eigenvalue weighted by atomic mass is 10.0. The zero-order chi connectivity index (χ0) is 22.6. The van der Waals surface area contributed by atoms with E-state index >= 15 is 0 Å². The Bertz CT molecular complexity index is 521. The van der Waals surface area contributed by atoms with Gasteiger partial charge in [-0.1, -0.05) is 13.8 Å². The van der Waals surface area contributed by atoms with E-state index in [0.717, 1.165) is 19.6 Å². The molecule has 10 heteroatoms. The summed E-state index contributed by atoms with van der Waals surface area (Å²) in [5.41, 5.74) is 0. The molecule has 0 aromatic rings. The van der Waals surface area contributed by atoms with E-state index in [1.54, 1.807) is 6.92 Å². The summed E-state index contributed by atoms with van der Waals surface area (Å²) in [6.45, 7) is 9.47. The van der Waals surface area contributed by atoms with Crippen LogP contribution in [0.5, 0.6) is 0 Å². The van der Waals surface area contributed by atoms with Gasteiger partial charge < -0.3 is 39.7 Å². The predicted molar refractivity (Wildman–Crippen MR) is 115 cm³/mol. The first-order valence-corrected chi connectivity index (χ1v) is 11.3. The lowest BCUT2D eigenvalue weighted by Gasteiger charge is -2.34. The Morgan fingerprint density at radius 2 is 1.66 bits per heavy atom. The minimum absolute atomic E-state index is 0. The van der Waals surface area contributed by atoms with E-state index in [1.165, 1.54) is 0 Å². The summed E-state index contributed by atoms with van der Waals surface area (Å²) in [4.78, 5) is 22.1. The Balaban J connectivity index is 0.000000315. The van der Waals surface area contributed by atoms with E-state index in [2.05, 4.69) is 6.92 Å². The number of ether oxygens (including phenoxy) is 6. The van der Waals surface area contributed by atoms with Gasteiger partial charge in [0.15, 0.2) is 12.6 Å². The number of hydrogen-bond acceptors (Lipinski definition) is 10. The highest BCUT2D eigenvalue weighted by atomic mass is 16.7. The molecule has 0 aliphatic carbocycles. The molecular formula is C22H41NO9. The summed E-state index contributed by atoms with van der Waals surface area (Å²) >= 11 is 0. The summed E-state index contributed by atoms with van der Waals surface area (Å²) in [5.74, 6) is 0.570. The van der Waals surface area contributed by atoms with Gasteiger partial charge in [0.2, 0.25) is 0 Å². The molecule has 0 aromatic heterocycles. The van der Waals surface area contributed by atoms with Crippen molar-refractivity contribution in [3.63, 3.8) is 0 Å². The van der Waals surface area contributed by atoms with Gasteiger partial charge in [-0.3, -0.25) is 9.59 Å². The van der Waals surface area contributed by atoms with Crippen molar-refractivity contribution < 1.29 is 43.1 Å². The standard InChI is InChI=1S/C12H22O5.C10H16O4.H3N/c1-3-15-11(14)5-4-10(6-13)12-16-7-9(2)8-17-12;1-7-4-13-10(14-5-7)8-2-3-9(11)12-6-8;/h9-10,12-13H,3-8H2,1-2H3;7-8,10H,2-6H2,1H3;1H3. The molecule has 32 heavy (non-hydrogen) atoms. The van der Waals surface area contributed by atoms with Crippen LogP contribution in [0.15, 0.2) is 0 Å². The van der Waals surface area contributed by atoms with E-state index < -0.39 is 6.29 Å². The highest BCUT2D eigenvalue weighted by molar-refractivity contribution is 5.70. The van der Waals surface area contributed by atoms with Crippen LogP contribution in [0.3, 0.4) is 0 Å². The molecule has 4 N–H and O–H groups in total. The Morgan fingerprint density at radius 1 is 1.06 bits per heavy atom. The third-order valence-electron chi connectivity index (χ3n) is 5.39. The van der Waals surface area contributed by atoms with Crippen LogP contribution in [0, 0.1) is 23.7 Å². The molecule has 10 nitrogen and oxygen atoms in total. The highest BCUT2D eigenvalue weighted by Crippen LogP contribution is 2.25. The van der Waals surface area contributed by atoms with Crippen LogP contribution in [0.4, 0.5) is 0 Å². The van der Waals surface area contributed by atoms with Crippen LogP contribution < -0.4 is 6.15 Å². The van der Waals surface area contributed by atoms with Crippen molar-refractivity contribution in [1.82, 2.24) is 6.15 Å². The Morgan fingerprint density at radius 3 is 2.16 bits per heavy atom. The molecule has 0 radical (unpaired) electrons. The van der Waals surface area contributed by atoms with Crippen molar-refractivity contribution in [3.05, 3.63) is 0 Å². The van der Waals surface area contributed by atoms with Gasteiger partial charge in [-0.25, -0.2) is 0 Å². The number of carbonyl (C=O) groups is 2. The summed E-state index contributed by atoms with van der Waals surface area (Å²) in [6.07, 6.45) is 1.55. The normalized spacial score (nSPS) is 31.2. The summed E-state index contributed by atoms with van der Waals surface area (Å²) in [7, 11) is 0. The fraction of sp³-hybridized carbons (Fsp3) is 0.909. The Kier molecular flexibility index (Phi) is 13.9. The molecule has 188 valence electrons. The van der Waals surface area contributed by atoms with Gasteiger partial charge in [0.25, 0.3) is 0 Å². The zero-order valence-corrected chi connectivity index (χ0v) is 19.7. The van der Waals surface area contributed by atoms with Crippen LogP contribution in [0.1, 0.15) is 46.5 Å². The minimum atomic E-state index is -0.398. The lowest BCUT2D eigenvalue weighted by Crippen LogP contribution is -2.40. The van der Waals surface area contributed by atoms with E-state index in [-0.39, 0.29) is 49.2 Å². The number of aliphatic hydroxyl groups is 1. The highest BCUT2D eigenvalue weighted by Gasteiger charge is 2.32. The number of rotatable bonds is 7. The molecule has 0 aromatic carbocycles. The minimum Gasteiger partial charge on any atom is -0.466 e. The van der Waals surface area contributed by atoms with E-state index in [0.29, 0.717) is 51.1 Å². The van der Waals surface area contributed by atoms with Crippen molar-refractivity contribution in [2.24, 2.45) is 23.7 Å². The topological polar surface area (TPSA) is 145 Å². The van der Waals surface area contributed by atoms with Crippen LogP contribution in [0.25, 0.3) is 0 Å². The molecular weight excluding hydrogens is 422 g/mol. The van der Waals surface area contributed by atoms with Crippen molar-refractivity contribution in [3.8, 4) is 0 Å². The summed E-state index contributed by atoms with van der Waals surface area (Å²) in [5, 5.41) is 9.27. The Hall–Kier alpha value is -1.30. The third kappa shape index (κ3) is 10.1. The molecule has 2 unspecified atom stereocenters. The summed E-state index contributed by atoms with van der Waals surface area (Å²) in [6, 6.07) is 0. The van der Waals surface area contributed by atoms with E-state index in [1.807, 2.05) is 6.92 Å². The maximum absolute atomic E-state index is 11.2. The first-order valence-electron chi connectivity index (χ1n) is 11.3. The number of hydrogen-bond donors (Lipinski definition) is 2. The average molecular weight is 464 g/mol. The molecule has 3 aliphatic rings. The lowest BCUT2D eigenvalue weighted by molar-refractivity contribution is -0.233. The maximum atomic E-state index is 11.2. The summed E-state index contributed by atoms with van der Waals surface area (Å²) < 4.78 is 31.9. The molecule has 0 bridgehead atoms. The van der Waals surface area contributed by atoms with Crippen LogP contribution in [0.2, 0.25) is 0 Å². The van der Waals surface area contributed by atoms with Crippen molar-refractivity contribution >= 4 is 11.9 Å². The molecule has 0 amide bonds. The number of esters is 2. The second-order valence-electron chi connectivity index (χ2n) is 8.55. The second-order valence-corrected chi connectivity index (χ2v) is 8.55. The first-order chi connectivity index (χ1) is 14.9. The fourth-order valence-electron chi connectivity index (χ4n) is 3.50. The fourth-order valence-corrected chi connectivity index (χ4v) is 3.50. The maximum Gasteiger partial charge on any atom is 0.305 e. The van der Waals surface area contributed by atoms with Gasteiger partial charge in [0, 0.05) is 36.5 Å². The molecule has 3 fully saturated rings. The third-order valence-corrected chi connectivity index (χ3v) is 5.39. The first kappa shape index (κ1) is 28.7.